The van der Waals surface area contributed by atoms with E-state index in [2.05, 4.69) is 15.3 Å². The standard InChI is InChI=1S/C17H20ClN3OS/c1-13-12-23-16(19-13)11-20-7-2-8-21(10-9-20)17(22)14-3-5-15(18)6-4-14/h3-6,12H,2,7-11H2,1H3. The number of benzene rings is 1. The number of rotatable bonds is 3. The van der Waals surface area contributed by atoms with Gasteiger partial charge in [0.05, 0.1) is 6.54 Å². The van der Waals surface area contributed by atoms with Crippen molar-refractivity contribution in [1.29, 1.82) is 0 Å². The average molecular weight is 350 g/mol. The van der Waals surface area contributed by atoms with E-state index in [1.165, 1.54) is 0 Å². The Morgan fingerprint density at radius 3 is 2.70 bits per heavy atom. The monoisotopic (exact) mass is 349 g/mol. The number of hydrogen-bond donors (Lipinski definition) is 0. The highest BCUT2D eigenvalue weighted by Gasteiger charge is 2.20. The van der Waals surface area contributed by atoms with Gasteiger partial charge in [-0.2, -0.15) is 0 Å². The van der Waals surface area contributed by atoms with Crippen LogP contribution in [0.2, 0.25) is 5.02 Å². The maximum Gasteiger partial charge on any atom is 0.253 e. The van der Waals surface area contributed by atoms with E-state index >= 15 is 0 Å². The van der Waals surface area contributed by atoms with E-state index in [1.54, 1.807) is 35.6 Å². The molecule has 0 spiro atoms. The summed E-state index contributed by atoms with van der Waals surface area (Å²) in [6.45, 7) is 6.35. The third-order valence-electron chi connectivity index (χ3n) is 3.99. The van der Waals surface area contributed by atoms with Crippen molar-refractivity contribution < 1.29 is 4.79 Å². The molecule has 0 atom stereocenters. The first-order chi connectivity index (χ1) is 11.1. The minimum atomic E-state index is 0.0913. The Morgan fingerprint density at radius 2 is 2.00 bits per heavy atom. The molecule has 23 heavy (non-hydrogen) atoms. The number of hydrogen-bond acceptors (Lipinski definition) is 4. The number of carbonyl (C=O) groups excluding carboxylic acids is 1. The quantitative estimate of drug-likeness (QED) is 0.851. The number of carbonyl (C=O) groups is 1. The Labute approximate surface area is 145 Å². The van der Waals surface area contributed by atoms with Crippen LogP contribution in [0.1, 0.15) is 27.5 Å². The van der Waals surface area contributed by atoms with Gasteiger partial charge in [-0.3, -0.25) is 9.69 Å². The van der Waals surface area contributed by atoms with Crippen LogP contribution >= 0.6 is 22.9 Å². The topological polar surface area (TPSA) is 36.4 Å². The number of amides is 1. The molecular weight excluding hydrogens is 330 g/mol. The van der Waals surface area contributed by atoms with Crippen LogP contribution < -0.4 is 0 Å². The molecule has 1 aromatic heterocycles. The summed E-state index contributed by atoms with van der Waals surface area (Å²) >= 11 is 7.60. The van der Waals surface area contributed by atoms with E-state index in [0.717, 1.165) is 49.8 Å². The maximum atomic E-state index is 12.6. The van der Waals surface area contributed by atoms with Crippen molar-refractivity contribution in [3.63, 3.8) is 0 Å². The van der Waals surface area contributed by atoms with E-state index in [-0.39, 0.29) is 5.91 Å². The predicted molar refractivity (Wildman–Crippen MR) is 94.1 cm³/mol. The van der Waals surface area contributed by atoms with Crippen molar-refractivity contribution in [2.45, 2.75) is 19.9 Å². The van der Waals surface area contributed by atoms with E-state index in [9.17, 15) is 4.79 Å². The van der Waals surface area contributed by atoms with Gasteiger partial charge >= 0.3 is 0 Å². The molecule has 0 bridgehead atoms. The van der Waals surface area contributed by atoms with Crippen LogP contribution in [-0.2, 0) is 6.54 Å². The van der Waals surface area contributed by atoms with Crippen LogP contribution in [-0.4, -0.2) is 46.9 Å². The highest BCUT2D eigenvalue weighted by molar-refractivity contribution is 7.09. The Hall–Kier alpha value is -1.43. The molecule has 1 aromatic carbocycles. The fraction of sp³-hybridized carbons (Fsp3) is 0.412. The number of aromatic nitrogens is 1. The van der Waals surface area contributed by atoms with Crippen LogP contribution in [0, 0.1) is 6.92 Å². The third kappa shape index (κ3) is 4.31. The molecule has 1 aliphatic rings. The molecule has 0 saturated carbocycles. The molecule has 4 nitrogen and oxygen atoms in total. The summed E-state index contributed by atoms with van der Waals surface area (Å²) in [5.41, 5.74) is 1.79. The molecule has 0 radical (unpaired) electrons. The van der Waals surface area contributed by atoms with Gasteiger partial charge in [0.25, 0.3) is 5.91 Å². The molecule has 0 N–H and O–H groups in total. The summed E-state index contributed by atoms with van der Waals surface area (Å²) in [7, 11) is 0. The first kappa shape index (κ1) is 16.4. The van der Waals surface area contributed by atoms with Crippen molar-refractivity contribution in [3.05, 3.63) is 50.9 Å². The lowest BCUT2D eigenvalue weighted by Crippen LogP contribution is -2.35. The van der Waals surface area contributed by atoms with Gasteiger partial charge in [-0.1, -0.05) is 11.6 Å². The van der Waals surface area contributed by atoms with Crippen LogP contribution in [0.4, 0.5) is 0 Å². The minimum Gasteiger partial charge on any atom is -0.337 e. The lowest BCUT2D eigenvalue weighted by Gasteiger charge is -2.21. The van der Waals surface area contributed by atoms with Crippen LogP contribution in [0.25, 0.3) is 0 Å². The van der Waals surface area contributed by atoms with Gasteiger partial charge < -0.3 is 4.90 Å². The molecular formula is C17H20ClN3OS. The average Bonchev–Trinajstić information content (AvgIpc) is 2.81. The lowest BCUT2D eigenvalue weighted by atomic mass is 10.2. The summed E-state index contributed by atoms with van der Waals surface area (Å²) < 4.78 is 0. The summed E-state index contributed by atoms with van der Waals surface area (Å²) in [6.07, 6.45) is 0.990. The second kappa shape index (κ2) is 7.43. The van der Waals surface area contributed by atoms with Crippen LogP contribution in [0.5, 0.6) is 0 Å². The summed E-state index contributed by atoms with van der Waals surface area (Å²) in [4.78, 5) is 21.4. The minimum absolute atomic E-state index is 0.0913. The Bertz CT molecular complexity index is 671. The summed E-state index contributed by atoms with van der Waals surface area (Å²) in [6, 6.07) is 7.13. The lowest BCUT2D eigenvalue weighted by molar-refractivity contribution is 0.0761. The maximum absolute atomic E-state index is 12.6. The van der Waals surface area contributed by atoms with Crippen molar-refractivity contribution >= 4 is 28.8 Å². The third-order valence-corrected chi connectivity index (χ3v) is 5.20. The van der Waals surface area contributed by atoms with Crippen molar-refractivity contribution in [1.82, 2.24) is 14.8 Å². The van der Waals surface area contributed by atoms with E-state index in [0.29, 0.717) is 10.6 Å². The second-order valence-electron chi connectivity index (χ2n) is 5.81. The van der Waals surface area contributed by atoms with Gasteiger partial charge in [0.1, 0.15) is 5.01 Å². The number of nitrogens with zero attached hydrogens (tertiary/aromatic N) is 3. The SMILES string of the molecule is Cc1csc(CN2CCCN(C(=O)c3ccc(Cl)cc3)CC2)n1. The largest absolute Gasteiger partial charge is 0.337 e. The second-order valence-corrected chi connectivity index (χ2v) is 7.19. The zero-order valence-electron chi connectivity index (χ0n) is 13.2. The Kier molecular flexibility index (Phi) is 5.30. The number of thiazole rings is 1. The highest BCUT2D eigenvalue weighted by atomic mass is 35.5. The fourth-order valence-electron chi connectivity index (χ4n) is 2.77. The molecule has 1 saturated heterocycles. The molecule has 2 heterocycles. The molecule has 1 aliphatic heterocycles. The molecule has 0 aliphatic carbocycles. The zero-order valence-corrected chi connectivity index (χ0v) is 14.7. The van der Waals surface area contributed by atoms with E-state index in [1.807, 2.05) is 11.8 Å². The molecule has 3 rings (SSSR count). The first-order valence-corrected chi connectivity index (χ1v) is 9.06. The molecule has 1 amide bonds. The van der Waals surface area contributed by atoms with Crippen molar-refractivity contribution in [3.8, 4) is 0 Å². The Balaban J connectivity index is 1.59. The van der Waals surface area contributed by atoms with Gasteiger partial charge in [0.2, 0.25) is 0 Å². The van der Waals surface area contributed by atoms with Gasteiger partial charge in [-0.15, -0.1) is 11.3 Å². The molecule has 1 fully saturated rings. The van der Waals surface area contributed by atoms with Gasteiger partial charge in [0.15, 0.2) is 0 Å². The highest BCUT2D eigenvalue weighted by Crippen LogP contribution is 2.16. The molecule has 0 unspecified atom stereocenters. The zero-order chi connectivity index (χ0) is 16.2. The molecule has 2 aromatic rings. The van der Waals surface area contributed by atoms with Crippen LogP contribution in [0.15, 0.2) is 29.6 Å². The molecule has 6 heteroatoms. The summed E-state index contributed by atoms with van der Waals surface area (Å²) in [5, 5.41) is 3.89. The van der Waals surface area contributed by atoms with Crippen molar-refractivity contribution in [2.75, 3.05) is 26.2 Å². The summed E-state index contributed by atoms with van der Waals surface area (Å²) in [5.74, 6) is 0.0913. The Morgan fingerprint density at radius 1 is 1.22 bits per heavy atom. The fourth-order valence-corrected chi connectivity index (χ4v) is 3.71. The van der Waals surface area contributed by atoms with Crippen molar-refractivity contribution in [2.24, 2.45) is 0 Å². The van der Waals surface area contributed by atoms with Gasteiger partial charge in [0, 0.05) is 47.8 Å². The van der Waals surface area contributed by atoms with E-state index in [4.69, 9.17) is 11.6 Å². The van der Waals surface area contributed by atoms with Crippen LogP contribution in [0.3, 0.4) is 0 Å². The van der Waals surface area contributed by atoms with Gasteiger partial charge in [-0.05, 0) is 37.6 Å². The first-order valence-electron chi connectivity index (χ1n) is 7.80. The normalized spacial score (nSPS) is 16.3. The predicted octanol–water partition coefficient (Wildman–Crippen LogP) is 3.45. The smallest absolute Gasteiger partial charge is 0.253 e. The van der Waals surface area contributed by atoms with Gasteiger partial charge in [-0.25, -0.2) is 4.98 Å². The number of aryl methyl sites for hydroxylation is 1. The molecule has 122 valence electrons. The number of halogens is 1. The van der Waals surface area contributed by atoms with E-state index < -0.39 is 0 Å².